The van der Waals surface area contributed by atoms with Crippen LogP contribution in [0.2, 0.25) is 0 Å². The Morgan fingerprint density at radius 3 is 1.82 bits per heavy atom. The summed E-state index contributed by atoms with van der Waals surface area (Å²) in [5.74, 6) is -1.01. The summed E-state index contributed by atoms with van der Waals surface area (Å²) in [4.78, 5) is -1.48. The van der Waals surface area contributed by atoms with E-state index in [1.165, 1.54) is 30.3 Å². The number of ether oxygens (including phenoxy) is 1. The van der Waals surface area contributed by atoms with Crippen molar-refractivity contribution in [2.75, 3.05) is 4.72 Å². The Morgan fingerprint density at radius 2 is 1.29 bits per heavy atom. The van der Waals surface area contributed by atoms with Crippen LogP contribution in [0.5, 0.6) is 11.5 Å². The number of anilines is 1. The fraction of sp³-hybridized carbons (Fsp3) is 0.100. The van der Waals surface area contributed by atoms with E-state index in [9.17, 15) is 43.2 Å². The van der Waals surface area contributed by atoms with Crippen molar-refractivity contribution in [1.82, 2.24) is 0 Å². The van der Waals surface area contributed by atoms with E-state index in [0.717, 1.165) is 18.2 Å². The molecule has 3 aromatic carbocycles. The van der Waals surface area contributed by atoms with E-state index in [2.05, 4.69) is 4.72 Å². The summed E-state index contributed by atoms with van der Waals surface area (Å²) in [6, 6.07) is 11.4. The molecule has 0 bridgehead atoms. The lowest BCUT2D eigenvalue weighted by atomic mass is 10.2. The number of sulfonamides is 1. The maximum Gasteiger partial charge on any atom is 0.501 e. The number of halogens is 6. The van der Waals surface area contributed by atoms with Crippen LogP contribution in [0.3, 0.4) is 0 Å². The van der Waals surface area contributed by atoms with Gasteiger partial charge in [0.2, 0.25) is 0 Å². The first-order valence-corrected chi connectivity index (χ1v) is 12.0. The molecule has 0 aromatic heterocycles. The van der Waals surface area contributed by atoms with Gasteiger partial charge in [-0.1, -0.05) is 18.2 Å². The summed E-state index contributed by atoms with van der Waals surface area (Å²) >= 11 is 0. The minimum atomic E-state index is -5.84. The molecule has 0 heterocycles. The van der Waals surface area contributed by atoms with Crippen LogP contribution in [0.4, 0.5) is 32.0 Å². The summed E-state index contributed by atoms with van der Waals surface area (Å²) in [5, 5.41) is 0. The molecule has 0 spiro atoms. The Kier molecular flexibility index (Phi) is 6.59. The number of sulfone groups is 1. The zero-order valence-electron chi connectivity index (χ0n) is 16.6. The normalized spacial score (nSPS) is 12.9. The SMILES string of the molecule is O=S(=O)(Nc1ccc(S(=O)(=O)C(F)(F)F)cc1Oc1ccc(C(F)(F)F)cc1)c1ccccc1. The molecule has 0 saturated heterocycles. The van der Waals surface area contributed by atoms with Gasteiger partial charge in [-0.2, -0.15) is 26.3 Å². The first-order valence-electron chi connectivity index (χ1n) is 9.00. The zero-order chi connectivity index (χ0) is 25.4. The third kappa shape index (κ3) is 5.44. The minimum Gasteiger partial charge on any atom is -0.455 e. The van der Waals surface area contributed by atoms with E-state index in [1.54, 1.807) is 0 Å². The van der Waals surface area contributed by atoms with Crippen LogP contribution >= 0.6 is 0 Å². The van der Waals surface area contributed by atoms with E-state index in [0.29, 0.717) is 24.3 Å². The number of rotatable bonds is 6. The van der Waals surface area contributed by atoms with Crippen molar-refractivity contribution in [1.29, 1.82) is 0 Å². The van der Waals surface area contributed by atoms with Gasteiger partial charge < -0.3 is 4.74 Å². The molecule has 0 radical (unpaired) electrons. The molecule has 0 atom stereocenters. The second-order valence-electron chi connectivity index (χ2n) is 6.65. The molecular weight excluding hydrogens is 512 g/mol. The molecular formula is C20H13F6NO5S2. The number of nitrogens with one attached hydrogen (secondary N) is 1. The second-order valence-corrected chi connectivity index (χ2v) is 10.3. The molecule has 14 heteroatoms. The van der Waals surface area contributed by atoms with Gasteiger partial charge in [-0.3, -0.25) is 4.72 Å². The molecule has 6 nitrogen and oxygen atoms in total. The van der Waals surface area contributed by atoms with Crippen molar-refractivity contribution in [2.24, 2.45) is 0 Å². The summed E-state index contributed by atoms with van der Waals surface area (Å²) in [6.07, 6.45) is -4.67. The van der Waals surface area contributed by atoms with Gasteiger partial charge in [-0.15, -0.1) is 0 Å². The molecule has 0 amide bonds. The van der Waals surface area contributed by atoms with Crippen molar-refractivity contribution >= 4 is 25.5 Å². The van der Waals surface area contributed by atoms with Gasteiger partial charge in [-0.25, -0.2) is 16.8 Å². The molecule has 0 aliphatic carbocycles. The number of hydrogen-bond donors (Lipinski definition) is 1. The van der Waals surface area contributed by atoms with Crippen LogP contribution in [0, 0.1) is 0 Å². The molecule has 3 aromatic rings. The molecule has 0 fully saturated rings. The average molecular weight is 525 g/mol. The van der Waals surface area contributed by atoms with Gasteiger partial charge in [0.25, 0.3) is 19.9 Å². The van der Waals surface area contributed by atoms with E-state index in [4.69, 9.17) is 4.74 Å². The predicted molar refractivity (Wildman–Crippen MR) is 108 cm³/mol. The van der Waals surface area contributed by atoms with E-state index >= 15 is 0 Å². The highest BCUT2D eigenvalue weighted by molar-refractivity contribution is 7.93. The molecule has 0 aliphatic rings. The van der Waals surface area contributed by atoms with Crippen LogP contribution in [-0.2, 0) is 26.0 Å². The molecule has 34 heavy (non-hydrogen) atoms. The molecule has 0 saturated carbocycles. The highest BCUT2D eigenvalue weighted by Crippen LogP contribution is 2.38. The lowest BCUT2D eigenvalue weighted by Gasteiger charge is -2.16. The molecule has 1 N–H and O–H groups in total. The van der Waals surface area contributed by atoms with Gasteiger partial charge >= 0.3 is 11.7 Å². The maximum absolute atomic E-state index is 13.0. The van der Waals surface area contributed by atoms with Gasteiger partial charge in [0, 0.05) is 6.07 Å². The van der Waals surface area contributed by atoms with E-state index in [-0.39, 0.29) is 10.6 Å². The number of benzene rings is 3. The van der Waals surface area contributed by atoms with E-state index in [1.807, 2.05) is 0 Å². The van der Waals surface area contributed by atoms with Crippen LogP contribution in [0.15, 0.2) is 82.6 Å². The molecule has 0 unspecified atom stereocenters. The molecule has 182 valence electrons. The zero-order valence-corrected chi connectivity index (χ0v) is 18.2. The summed E-state index contributed by atoms with van der Waals surface area (Å²) in [7, 11) is -10.1. The fourth-order valence-corrected chi connectivity index (χ4v) is 4.48. The third-order valence-electron chi connectivity index (χ3n) is 4.28. The highest BCUT2D eigenvalue weighted by atomic mass is 32.2. The van der Waals surface area contributed by atoms with Crippen molar-refractivity contribution in [2.45, 2.75) is 21.5 Å². The quantitative estimate of drug-likeness (QED) is 0.424. The largest absolute Gasteiger partial charge is 0.501 e. The van der Waals surface area contributed by atoms with Gasteiger partial charge in [-0.05, 0) is 48.5 Å². The molecule has 0 aliphatic heterocycles. The standard InChI is InChI=1S/C20H13F6NO5S2/c21-19(22,23)13-6-8-14(9-7-13)32-18-12-16(33(28,29)20(24,25)26)10-11-17(18)27-34(30,31)15-4-2-1-3-5-15/h1-12,27H. The topological polar surface area (TPSA) is 89.5 Å². The predicted octanol–water partition coefficient (Wildman–Crippen LogP) is 5.59. The summed E-state index contributed by atoms with van der Waals surface area (Å²) in [6.45, 7) is 0. The van der Waals surface area contributed by atoms with Crippen molar-refractivity contribution in [3.05, 3.63) is 78.4 Å². The average Bonchev–Trinajstić information content (AvgIpc) is 2.74. The Bertz CT molecular complexity index is 1390. The number of hydrogen-bond acceptors (Lipinski definition) is 5. The smallest absolute Gasteiger partial charge is 0.455 e. The van der Waals surface area contributed by atoms with Gasteiger partial charge in [0.05, 0.1) is 21.0 Å². The molecule has 3 rings (SSSR count). The van der Waals surface area contributed by atoms with Gasteiger partial charge in [0.15, 0.2) is 5.75 Å². The summed E-state index contributed by atoms with van der Waals surface area (Å²) < 4.78 is 133. The van der Waals surface area contributed by atoms with Crippen molar-refractivity contribution < 1.29 is 47.9 Å². The van der Waals surface area contributed by atoms with Crippen LogP contribution in [0.25, 0.3) is 0 Å². The first kappa shape index (κ1) is 25.4. The minimum absolute atomic E-state index is 0.220. The van der Waals surface area contributed by atoms with Crippen molar-refractivity contribution in [3.63, 3.8) is 0 Å². The van der Waals surface area contributed by atoms with Gasteiger partial charge in [0.1, 0.15) is 5.75 Å². The number of alkyl halides is 6. The van der Waals surface area contributed by atoms with Crippen LogP contribution in [-0.4, -0.2) is 22.3 Å². The van der Waals surface area contributed by atoms with Crippen LogP contribution in [0.1, 0.15) is 5.56 Å². The highest BCUT2D eigenvalue weighted by Gasteiger charge is 2.47. The Morgan fingerprint density at radius 1 is 0.706 bits per heavy atom. The lowest BCUT2D eigenvalue weighted by molar-refractivity contribution is -0.137. The Labute approximate surface area is 189 Å². The maximum atomic E-state index is 13.0. The van der Waals surface area contributed by atoms with Crippen LogP contribution < -0.4 is 9.46 Å². The third-order valence-corrected chi connectivity index (χ3v) is 7.14. The lowest BCUT2D eigenvalue weighted by Crippen LogP contribution is -2.23. The van der Waals surface area contributed by atoms with Crippen molar-refractivity contribution in [3.8, 4) is 11.5 Å². The van der Waals surface area contributed by atoms with E-state index < -0.39 is 53.4 Å². The second kappa shape index (κ2) is 8.83. The Balaban J connectivity index is 2.07. The monoisotopic (exact) mass is 525 g/mol. The summed E-state index contributed by atoms with van der Waals surface area (Å²) in [5.41, 5.74) is -7.16. The Hall–Kier alpha value is -3.26. The first-order chi connectivity index (χ1) is 15.6. The fourth-order valence-electron chi connectivity index (χ4n) is 2.61.